The molecule has 94 valence electrons. The molecule has 0 aliphatic heterocycles. The standard InChI is InChI=1S/C11H18N4O2/c1-11(5-3-4-6-11)7-12-9-10(15(16)17)13-8-14(9)2/h8,12H,3-7H2,1-2H3. The van der Waals surface area contributed by atoms with E-state index < -0.39 is 4.92 Å². The predicted molar refractivity (Wildman–Crippen MR) is 64.9 cm³/mol. The van der Waals surface area contributed by atoms with Crippen molar-refractivity contribution in [1.82, 2.24) is 9.55 Å². The van der Waals surface area contributed by atoms with E-state index in [1.54, 1.807) is 11.6 Å². The van der Waals surface area contributed by atoms with Crippen LogP contribution in [-0.4, -0.2) is 21.0 Å². The van der Waals surface area contributed by atoms with Crippen molar-refractivity contribution < 1.29 is 4.92 Å². The first kappa shape index (κ1) is 11.9. The third-order valence-electron chi connectivity index (χ3n) is 3.58. The molecule has 1 aromatic heterocycles. The van der Waals surface area contributed by atoms with E-state index in [-0.39, 0.29) is 11.2 Å². The maximum absolute atomic E-state index is 10.8. The van der Waals surface area contributed by atoms with Crippen LogP contribution in [0, 0.1) is 15.5 Å². The minimum absolute atomic E-state index is 0.0888. The smallest absolute Gasteiger partial charge is 0.364 e. The van der Waals surface area contributed by atoms with Gasteiger partial charge in [0.05, 0.1) is 0 Å². The Labute approximate surface area is 100 Å². The molecular weight excluding hydrogens is 220 g/mol. The molecule has 0 saturated heterocycles. The summed E-state index contributed by atoms with van der Waals surface area (Å²) in [5.74, 6) is 0.414. The molecule has 2 rings (SSSR count). The number of aromatic nitrogens is 2. The van der Waals surface area contributed by atoms with Crippen molar-refractivity contribution in [2.45, 2.75) is 32.6 Å². The summed E-state index contributed by atoms with van der Waals surface area (Å²) >= 11 is 0. The van der Waals surface area contributed by atoms with Crippen molar-refractivity contribution in [1.29, 1.82) is 0 Å². The first-order valence-corrected chi connectivity index (χ1v) is 5.91. The minimum Gasteiger partial charge on any atom is -0.364 e. The van der Waals surface area contributed by atoms with E-state index in [4.69, 9.17) is 0 Å². The molecule has 1 aromatic rings. The van der Waals surface area contributed by atoms with Crippen molar-refractivity contribution in [3.8, 4) is 0 Å². The van der Waals surface area contributed by atoms with Crippen molar-refractivity contribution in [2.24, 2.45) is 12.5 Å². The molecule has 0 spiro atoms. The molecule has 6 nitrogen and oxygen atoms in total. The Kier molecular flexibility index (Phi) is 3.04. The van der Waals surface area contributed by atoms with Gasteiger partial charge in [0, 0.05) is 13.6 Å². The number of anilines is 1. The molecule has 0 amide bonds. The van der Waals surface area contributed by atoms with Gasteiger partial charge in [-0.15, -0.1) is 0 Å². The van der Waals surface area contributed by atoms with E-state index >= 15 is 0 Å². The fourth-order valence-electron chi connectivity index (χ4n) is 2.46. The lowest BCUT2D eigenvalue weighted by Gasteiger charge is -2.23. The second-order valence-corrected chi connectivity index (χ2v) is 5.16. The number of aryl methyl sites for hydroxylation is 1. The van der Waals surface area contributed by atoms with Crippen molar-refractivity contribution in [3.05, 3.63) is 16.4 Å². The van der Waals surface area contributed by atoms with Gasteiger partial charge in [0.25, 0.3) is 0 Å². The summed E-state index contributed by atoms with van der Waals surface area (Å²) in [5, 5.41) is 14.0. The Morgan fingerprint density at radius 3 is 2.82 bits per heavy atom. The van der Waals surface area contributed by atoms with Gasteiger partial charge in [-0.1, -0.05) is 19.8 Å². The van der Waals surface area contributed by atoms with Crippen LogP contribution in [0.1, 0.15) is 32.6 Å². The van der Waals surface area contributed by atoms with E-state index in [1.165, 1.54) is 32.0 Å². The molecule has 1 aliphatic carbocycles. The van der Waals surface area contributed by atoms with Crippen LogP contribution in [0.25, 0.3) is 0 Å². The lowest BCUT2D eigenvalue weighted by Crippen LogP contribution is -2.24. The van der Waals surface area contributed by atoms with Crippen LogP contribution in [0.4, 0.5) is 11.6 Å². The molecule has 6 heteroatoms. The van der Waals surface area contributed by atoms with Gasteiger partial charge in [-0.2, -0.15) is 0 Å². The largest absolute Gasteiger partial charge is 0.406 e. The summed E-state index contributed by atoms with van der Waals surface area (Å²) in [6, 6.07) is 0. The minimum atomic E-state index is -0.445. The predicted octanol–water partition coefficient (Wildman–Crippen LogP) is 2.32. The van der Waals surface area contributed by atoms with E-state index in [0.29, 0.717) is 5.82 Å². The topological polar surface area (TPSA) is 73.0 Å². The molecule has 1 aliphatic rings. The van der Waals surface area contributed by atoms with Gasteiger partial charge in [-0.25, -0.2) is 0 Å². The highest BCUT2D eigenvalue weighted by atomic mass is 16.6. The van der Waals surface area contributed by atoms with Gasteiger partial charge in [0.15, 0.2) is 0 Å². The zero-order valence-electron chi connectivity index (χ0n) is 10.3. The summed E-state index contributed by atoms with van der Waals surface area (Å²) < 4.78 is 1.66. The Morgan fingerprint density at radius 1 is 1.59 bits per heavy atom. The van der Waals surface area contributed by atoms with Crippen LogP contribution in [0.15, 0.2) is 6.33 Å². The molecular formula is C11H18N4O2. The van der Waals surface area contributed by atoms with Crippen LogP contribution in [-0.2, 0) is 7.05 Å². The zero-order valence-corrected chi connectivity index (χ0v) is 10.3. The molecule has 0 aromatic carbocycles. The third kappa shape index (κ3) is 2.40. The zero-order chi connectivity index (χ0) is 12.5. The quantitative estimate of drug-likeness (QED) is 0.645. The average Bonchev–Trinajstić information content (AvgIpc) is 2.83. The summed E-state index contributed by atoms with van der Waals surface area (Å²) in [4.78, 5) is 14.1. The summed E-state index contributed by atoms with van der Waals surface area (Å²) in [6.07, 6.45) is 6.35. The van der Waals surface area contributed by atoms with E-state index in [1.807, 2.05) is 0 Å². The van der Waals surface area contributed by atoms with Crippen LogP contribution in [0.2, 0.25) is 0 Å². The number of nitro groups is 1. The Bertz CT molecular complexity index is 421. The summed E-state index contributed by atoms with van der Waals surface area (Å²) in [7, 11) is 1.76. The SMILES string of the molecule is Cn1cnc([N+](=O)[O-])c1NCC1(C)CCCC1. The number of imidazole rings is 1. The fourth-order valence-corrected chi connectivity index (χ4v) is 2.46. The van der Waals surface area contributed by atoms with Gasteiger partial charge in [0.2, 0.25) is 12.1 Å². The molecule has 0 unspecified atom stereocenters. The number of rotatable bonds is 4. The molecule has 1 N–H and O–H groups in total. The van der Waals surface area contributed by atoms with Crippen LogP contribution >= 0.6 is 0 Å². The Hall–Kier alpha value is -1.59. The number of nitrogens with one attached hydrogen (secondary N) is 1. The van der Waals surface area contributed by atoms with Crippen molar-refractivity contribution in [3.63, 3.8) is 0 Å². The average molecular weight is 238 g/mol. The molecule has 0 atom stereocenters. The highest BCUT2D eigenvalue weighted by Gasteiger charge is 2.30. The van der Waals surface area contributed by atoms with Crippen molar-refractivity contribution in [2.75, 3.05) is 11.9 Å². The van der Waals surface area contributed by atoms with Gasteiger partial charge >= 0.3 is 5.82 Å². The number of hydrogen-bond donors (Lipinski definition) is 1. The Morgan fingerprint density at radius 2 is 2.24 bits per heavy atom. The lowest BCUT2D eigenvalue weighted by molar-refractivity contribution is -0.388. The van der Waals surface area contributed by atoms with E-state index in [2.05, 4.69) is 17.2 Å². The lowest BCUT2D eigenvalue weighted by atomic mass is 9.89. The summed E-state index contributed by atoms with van der Waals surface area (Å²) in [5.41, 5.74) is 0.262. The van der Waals surface area contributed by atoms with Crippen LogP contribution in [0.5, 0.6) is 0 Å². The second kappa shape index (κ2) is 4.35. The van der Waals surface area contributed by atoms with Gasteiger partial charge < -0.3 is 15.4 Å². The number of nitrogens with zero attached hydrogens (tertiary/aromatic N) is 3. The highest BCUT2D eigenvalue weighted by Crippen LogP contribution is 2.38. The van der Waals surface area contributed by atoms with Crippen molar-refractivity contribution >= 4 is 11.6 Å². The summed E-state index contributed by atoms with van der Waals surface area (Å²) in [6.45, 7) is 3.00. The first-order chi connectivity index (χ1) is 8.02. The maximum Gasteiger partial charge on any atom is 0.406 e. The highest BCUT2D eigenvalue weighted by molar-refractivity contribution is 5.52. The van der Waals surface area contributed by atoms with Gasteiger partial charge in [-0.05, 0) is 28.2 Å². The Balaban J connectivity index is 2.08. The monoisotopic (exact) mass is 238 g/mol. The molecule has 0 bridgehead atoms. The maximum atomic E-state index is 10.8. The third-order valence-corrected chi connectivity index (χ3v) is 3.58. The molecule has 1 saturated carbocycles. The van der Waals surface area contributed by atoms with E-state index in [0.717, 1.165) is 6.54 Å². The van der Waals surface area contributed by atoms with Gasteiger partial charge in [0.1, 0.15) is 0 Å². The second-order valence-electron chi connectivity index (χ2n) is 5.16. The first-order valence-electron chi connectivity index (χ1n) is 5.91. The van der Waals surface area contributed by atoms with E-state index in [9.17, 15) is 10.1 Å². The molecule has 17 heavy (non-hydrogen) atoms. The van der Waals surface area contributed by atoms with Crippen LogP contribution < -0.4 is 5.32 Å². The van der Waals surface area contributed by atoms with Gasteiger partial charge in [-0.3, -0.25) is 4.57 Å². The van der Waals surface area contributed by atoms with Crippen LogP contribution in [0.3, 0.4) is 0 Å². The molecule has 1 heterocycles. The molecule has 1 fully saturated rings. The number of hydrogen-bond acceptors (Lipinski definition) is 4. The normalized spacial score (nSPS) is 18.2. The fraction of sp³-hybridized carbons (Fsp3) is 0.727. The molecule has 0 radical (unpaired) electrons.